The quantitative estimate of drug-likeness (QED) is 0.162. The Kier molecular flexibility index (Phi) is 27.1. The maximum Gasteiger partial charge on any atom is 0.00246 e. The molecule has 5 heterocycles. The predicted octanol–water partition coefficient (Wildman–Crippen LogP) is 13.7. The van der Waals surface area contributed by atoms with Gasteiger partial charge in [0.15, 0.2) is 0 Å². The Morgan fingerprint density at radius 3 is 1.02 bits per heavy atom. The molecule has 6 aliphatic rings. The highest BCUT2D eigenvalue weighted by Crippen LogP contribution is 2.55. The van der Waals surface area contributed by atoms with Gasteiger partial charge in [-0.15, -0.1) is 0 Å². The summed E-state index contributed by atoms with van der Waals surface area (Å²) in [6, 6.07) is 0. The zero-order chi connectivity index (χ0) is 47.8. The molecule has 3 unspecified atom stereocenters. The summed E-state index contributed by atoms with van der Waals surface area (Å²) in [7, 11) is 0. The van der Waals surface area contributed by atoms with Crippen molar-refractivity contribution in [3.8, 4) is 0 Å². The highest BCUT2D eigenvalue weighted by Gasteiger charge is 2.56. The number of hydrogen-bond donors (Lipinski definition) is 0. The highest BCUT2D eigenvalue weighted by atomic mass is 15.2. The summed E-state index contributed by atoms with van der Waals surface area (Å²) in [6.07, 6.45) is 7.04. The summed E-state index contributed by atoms with van der Waals surface area (Å²) < 4.78 is 0. The Labute approximate surface area is 398 Å². The maximum absolute atomic E-state index is 2.67. The van der Waals surface area contributed by atoms with Crippen LogP contribution in [0.2, 0.25) is 0 Å². The first-order chi connectivity index (χ1) is 29.3. The molecular formula is C58H119N5. The van der Waals surface area contributed by atoms with E-state index in [-0.39, 0.29) is 0 Å². The Bertz CT molecular complexity index is 1110. The van der Waals surface area contributed by atoms with Gasteiger partial charge >= 0.3 is 0 Å². The van der Waals surface area contributed by atoms with Crippen LogP contribution in [0.15, 0.2) is 0 Å². The van der Waals surface area contributed by atoms with Crippen molar-refractivity contribution in [2.45, 2.75) is 178 Å². The van der Waals surface area contributed by atoms with E-state index in [0.717, 1.165) is 94.7 Å². The summed E-state index contributed by atoms with van der Waals surface area (Å²) >= 11 is 0. The zero-order valence-electron chi connectivity index (χ0n) is 47.1. The molecule has 5 nitrogen and oxygen atoms in total. The average molecular weight is 887 g/mol. The largest absolute Gasteiger partial charge is 0.303 e. The van der Waals surface area contributed by atoms with Crippen molar-refractivity contribution in [2.75, 3.05) is 98.2 Å². The number of piperidine rings is 3. The summed E-state index contributed by atoms with van der Waals surface area (Å²) in [5.74, 6) is 14.7. The average Bonchev–Trinajstić information content (AvgIpc) is 3.41. The summed E-state index contributed by atoms with van der Waals surface area (Å²) in [5.41, 5.74) is 0.605. The van der Waals surface area contributed by atoms with Gasteiger partial charge < -0.3 is 24.5 Å². The molecule has 376 valence electrons. The molecule has 0 bridgehead atoms. The number of hydrogen-bond acceptors (Lipinski definition) is 5. The molecule has 1 aliphatic carbocycles. The first-order valence-corrected chi connectivity index (χ1v) is 27.9. The Morgan fingerprint density at radius 2 is 0.667 bits per heavy atom. The first kappa shape index (κ1) is 58.9. The van der Waals surface area contributed by atoms with Crippen LogP contribution < -0.4 is 0 Å². The fourth-order valence-electron chi connectivity index (χ4n) is 11.8. The van der Waals surface area contributed by atoms with E-state index in [2.05, 4.69) is 170 Å². The van der Waals surface area contributed by atoms with Gasteiger partial charge in [0.25, 0.3) is 0 Å². The van der Waals surface area contributed by atoms with Gasteiger partial charge in [-0.05, 0) is 165 Å². The summed E-state index contributed by atoms with van der Waals surface area (Å²) in [5, 5.41) is 0. The van der Waals surface area contributed by atoms with Gasteiger partial charge in [0, 0.05) is 65.4 Å². The Morgan fingerprint density at radius 1 is 0.349 bits per heavy atom. The zero-order valence-corrected chi connectivity index (χ0v) is 47.1. The molecule has 3 atom stereocenters. The van der Waals surface area contributed by atoms with Crippen LogP contribution in [0.5, 0.6) is 0 Å². The maximum atomic E-state index is 2.67. The van der Waals surface area contributed by atoms with E-state index in [4.69, 9.17) is 0 Å². The molecule has 5 aliphatic heterocycles. The first-order valence-electron chi connectivity index (χ1n) is 27.9. The van der Waals surface area contributed by atoms with E-state index in [9.17, 15) is 0 Å². The van der Waals surface area contributed by atoms with Crippen molar-refractivity contribution in [3.63, 3.8) is 0 Å². The molecular weight excluding hydrogens is 767 g/mol. The second-order valence-corrected chi connectivity index (χ2v) is 26.6. The third-order valence-corrected chi connectivity index (χ3v) is 16.4. The highest BCUT2D eigenvalue weighted by molar-refractivity contribution is 5.06. The minimum atomic E-state index is 0.605. The molecule has 0 amide bonds. The monoisotopic (exact) mass is 886 g/mol. The van der Waals surface area contributed by atoms with E-state index in [1.807, 2.05) is 0 Å². The van der Waals surface area contributed by atoms with Gasteiger partial charge in [0.2, 0.25) is 0 Å². The minimum Gasteiger partial charge on any atom is -0.303 e. The van der Waals surface area contributed by atoms with Crippen LogP contribution in [0.4, 0.5) is 0 Å². The summed E-state index contributed by atoms with van der Waals surface area (Å²) in [6.45, 7) is 69.1. The van der Waals surface area contributed by atoms with E-state index >= 15 is 0 Å². The van der Waals surface area contributed by atoms with Crippen LogP contribution in [0, 0.1) is 100 Å². The molecule has 1 saturated carbocycles. The van der Waals surface area contributed by atoms with Crippen molar-refractivity contribution in [1.29, 1.82) is 0 Å². The fourth-order valence-corrected chi connectivity index (χ4v) is 11.8. The number of nitrogens with zero attached hydrogens (tertiary/aromatic N) is 5. The molecule has 0 N–H and O–H groups in total. The standard InChI is InChI=1S/C13H27N.C12H23N.C12H25N.C11H23N.C10H21N/c1-11(2)10-14-8-6-13(5,7-9-14)12(3)4;1-8(2)5-13-6-10-11(7-13)12(10)9(3)4;1-10(2)9-13-7-5-12(6-8-13)11(3)4;1-9(2)7-12-6-5-11(8-12)10(3)4;1-8(2)5-11-6-10(7-11)9(3)4/h11-12H,6-10H2,1-5H3;8-12H,5-7H2,1-4H3;10-12H,5-9H2,1-4H3;9-11H,5-8H2,1-4H3;8-10H,5-7H2,1-4H3. The van der Waals surface area contributed by atoms with Crippen LogP contribution in [0.1, 0.15) is 178 Å². The van der Waals surface area contributed by atoms with Gasteiger partial charge in [-0.1, -0.05) is 145 Å². The predicted molar refractivity (Wildman–Crippen MR) is 283 cm³/mol. The van der Waals surface area contributed by atoms with Crippen molar-refractivity contribution >= 4 is 0 Å². The molecule has 5 heteroatoms. The van der Waals surface area contributed by atoms with Crippen LogP contribution in [-0.4, -0.2) is 123 Å². The van der Waals surface area contributed by atoms with Gasteiger partial charge in [-0.25, -0.2) is 0 Å². The van der Waals surface area contributed by atoms with Gasteiger partial charge in [-0.2, -0.15) is 0 Å². The van der Waals surface area contributed by atoms with Crippen LogP contribution in [0.3, 0.4) is 0 Å². The summed E-state index contributed by atoms with van der Waals surface area (Å²) in [4.78, 5) is 13.1. The fraction of sp³-hybridized carbons (Fsp3) is 1.00. The molecule has 0 aromatic rings. The van der Waals surface area contributed by atoms with E-state index in [0.29, 0.717) is 5.41 Å². The van der Waals surface area contributed by atoms with Crippen LogP contribution in [-0.2, 0) is 0 Å². The number of rotatable bonds is 15. The Balaban J connectivity index is 0.000000271. The lowest BCUT2D eigenvalue weighted by atomic mass is 9.72. The lowest BCUT2D eigenvalue weighted by Crippen LogP contribution is -2.50. The topological polar surface area (TPSA) is 16.2 Å². The van der Waals surface area contributed by atoms with Crippen molar-refractivity contribution in [1.82, 2.24) is 24.5 Å². The second-order valence-electron chi connectivity index (χ2n) is 26.6. The third-order valence-electron chi connectivity index (χ3n) is 16.4. The van der Waals surface area contributed by atoms with E-state index < -0.39 is 0 Å². The Hall–Kier alpha value is -0.200. The lowest BCUT2D eigenvalue weighted by molar-refractivity contribution is 0.0579. The molecule has 0 spiro atoms. The van der Waals surface area contributed by atoms with Crippen molar-refractivity contribution < 1.29 is 0 Å². The number of fused-ring (bicyclic) bond motifs is 1. The smallest absolute Gasteiger partial charge is 0.00246 e. The van der Waals surface area contributed by atoms with Gasteiger partial charge in [-0.3, -0.25) is 0 Å². The van der Waals surface area contributed by atoms with Crippen molar-refractivity contribution in [3.05, 3.63) is 0 Å². The van der Waals surface area contributed by atoms with Crippen LogP contribution >= 0.6 is 0 Å². The van der Waals surface area contributed by atoms with Crippen LogP contribution in [0.25, 0.3) is 0 Å². The molecule has 6 fully saturated rings. The van der Waals surface area contributed by atoms with Crippen molar-refractivity contribution in [2.24, 2.45) is 100 Å². The number of likely N-dealkylation sites (tertiary alicyclic amines) is 5. The lowest BCUT2D eigenvalue weighted by Gasteiger charge is -2.42. The second kappa shape index (κ2) is 29.0. The molecule has 63 heavy (non-hydrogen) atoms. The van der Waals surface area contributed by atoms with Gasteiger partial charge in [0.05, 0.1) is 0 Å². The molecule has 0 radical (unpaired) electrons. The third kappa shape index (κ3) is 22.6. The molecule has 0 aromatic heterocycles. The molecule has 6 rings (SSSR count). The van der Waals surface area contributed by atoms with E-state index in [1.165, 1.54) is 130 Å². The molecule has 0 aromatic carbocycles. The van der Waals surface area contributed by atoms with Gasteiger partial charge in [0.1, 0.15) is 0 Å². The van der Waals surface area contributed by atoms with E-state index in [1.54, 1.807) is 0 Å². The normalized spacial score (nSPS) is 26.3. The SMILES string of the molecule is CC(C)CN1CC(C(C)C)C1.CC(C)CN1CC2C(C1)C2C(C)C.CC(C)CN1CCC(C(C)C)C1.CC(C)CN1CCC(C(C)C)CC1.CC(C)CN1CCC(C)(C(C)C)CC1. The minimum absolute atomic E-state index is 0.605. The molecule has 5 saturated heterocycles.